The smallest absolute Gasteiger partial charge is 0.227 e. The number of hydrogen-bond donors (Lipinski definition) is 1. The van der Waals surface area contributed by atoms with E-state index in [1.54, 1.807) is 4.68 Å². The third-order valence-electron chi connectivity index (χ3n) is 4.95. The maximum atomic E-state index is 12.9. The number of rotatable bonds is 3. The van der Waals surface area contributed by atoms with Gasteiger partial charge in [-0.1, -0.05) is 12.1 Å². The molecule has 1 fully saturated rings. The van der Waals surface area contributed by atoms with E-state index in [1.165, 1.54) is 5.56 Å². The molecular weight excluding hydrogens is 300 g/mol. The lowest BCUT2D eigenvalue weighted by Gasteiger charge is -2.24. The SMILES string of the molecule is Cc1ccc2c(CC(=O)N3CCC[C@@H]3c3cnn(C)c3)c[nH]c2c1. The van der Waals surface area contributed by atoms with Crippen LogP contribution in [0.3, 0.4) is 0 Å². The highest BCUT2D eigenvalue weighted by Crippen LogP contribution is 2.32. The zero-order valence-corrected chi connectivity index (χ0v) is 14.1. The number of nitrogens with zero attached hydrogens (tertiary/aromatic N) is 3. The summed E-state index contributed by atoms with van der Waals surface area (Å²) in [6, 6.07) is 6.49. The molecule has 5 heteroatoms. The van der Waals surface area contributed by atoms with Gasteiger partial charge in [0.25, 0.3) is 0 Å². The summed E-state index contributed by atoms with van der Waals surface area (Å²) < 4.78 is 1.80. The molecule has 1 amide bonds. The summed E-state index contributed by atoms with van der Waals surface area (Å²) in [6.45, 7) is 2.91. The monoisotopic (exact) mass is 322 g/mol. The Kier molecular flexibility index (Phi) is 3.63. The van der Waals surface area contributed by atoms with E-state index in [4.69, 9.17) is 0 Å². The zero-order chi connectivity index (χ0) is 16.7. The van der Waals surface area contributed by atoms with Crippen molar-refractivity contribution < 1.29 is 4.79 Å². The van der Waals surface area contributed by atoms with Gasteiger partial charge < -0.3 is 9.88 Å². The Morgan fingerprint density at radius 3 is 3.08 bits per heavy atom. The van der Waals surface area contributed by atoms with Crippen LogP contribution >= 0.6 is 0 Å². The second-order valence-corrected chi connectivity index (χ2v) is 6.73. The fourth-order valence-corrected chi connectivity index (χ4v) is 3.73. The van der Waals surface area contributed by atoms with Crippen LogP contribution in [0.5, 0.6) is 0 Å². The standard InChI is InChI=1S/C19H22N4O/c1-13-5-6-16-14(10-20-17(16)8-13)9-19(24)23-7-3-4-18(23)15-11-21-22(2)12-15/h5-6,8,10-12,18,20H,3-4,7,9H2,1-2H3/t18-/m1/s1. The Labute approximate surface area is 141 Å². The maximum Gasteiger partial charge on any atom is 0.227 e. The van der Waals surface area contributed by atoms with Gasteiger partial charge in [-0.2, -0.15) is 5.10 Å². The van der Waals surface area contributed by atoms with Gasteiger partial charge in [0, 0.05) is 42.5 Å². The summed E-state index contributed by atoms with van der Waals surface area (Å²) in [4.78, 5) is 18.2. The van der Waals surface area contributed by atoms with Crippen LogP contribution in [-0.2, 0) is 18.3 Å². The average molecular weight is 322 g/mol. The van der Waals surface area contributed by atoms with Crippen LogP contribution in [0, 0.1) is 6.92 Å². The highest BCUT2D eigenvalue weighted by molar-refractivity contribution is 5.89. The zero-order valence-electron chi connectivity index (χ0n) is 14.1. The summed E-state index contributed by atoms with van der Waals surface area (Å²) in [5.41, 5.74) is 4.53. The predicted octanol–water partition coefficient (Wildman–Crippen LogP) is 3.12. The Morgan fingerprint density at radius 1 is 1.42 bits per heavy atom. The number of H-pyrrole nitrogens is 1. The van der Waals surface area contributed by atoms with Crippen LogP contribution < -0.4 is 0 Å². The molecule has 124 valence electrons. The Balaban J connectivity index is 1.56. The molecule has 0 saturated carbocycles. The van der Waals surface area contributed by atoms with Crippen molar-refractivity contribution >= 4 is 16.8 Å². The second kappa shape index (κ2) is 5.82. The normalized spacial score (nSPS) is 17.8. The van der Waals surface area contributed by atoms with E-state index in [0.29, 0.717) is 6.42 Å². The van der Waals surface area contributed by atoms with Gasteiger partial charge in [-0.3, -0.25) is 9.48 Å². The molecule has 1 aromatic carbocycles. The summed E-state index contributed by atoms with van der Waals surface area (Å²) in [6.07, 6.45) is 8.38. The van der Waals surface area contributed by atoms with Crippen molar-refractivity contribution in [2.75, 3.05) is 6.54 Å². The van der Waals surface area contributed by atoms with Crippen molar-refractivity contribution in [3.8, 4) is 0 Å². The number of carbonyl (C=O) groups excluding carboxylic acids is 1. The Bertz CT molecular complexity index is 892. The van der Waals surface area contributed by atoms with Gasteiger partial charge in [-0.05, 0) is 37.0 Å². The number of fused-ring (bicyclic) bond motifs is 1. The van der Waals surface area contributed by atoms with Gasteiger partial charge in [0.05, 0.1) is 18.7 Å². The number of benzene rings is 1. The van der Waals surface area contributed by atoms with E-state index in [-0.39, 0.29) is 11.9 Å². The molecule has 3 heterocycles. The molecule has 1 saturated heterocycles. The van der Waals surface area contributed by atoms with Crippen LogP contribution in [0.25, 0.3) is 10.9 Å². The summed E-state index contributed by atoms with van der Waals surface area (Å²) in [7, 11) is 1.92. The molecule has 0 spiro atoms. The summed E-state index contributed by atoms with van der Waals surface area (Å²) in [5, 5.41) is 5.40. The largest absolute Gasteiger partial charge is 0.361 e. The lowest BCUT2D eigenvalue weighted by Crippen LogP contribution is -2.31. The van der Waals surface area contributed by atoms with E-state index in [1.807, 2.05) is 30.5 Å². The van der Waals surface area contributed by atoms with E-state index in [9.17, 15) is 4.79 Å². The number of nitrogens with one attached hydrogen (secondary N) is 1. The minimum atomic E-state index is 0.165. The van der Waals surface area contributed by atoms with Crippen LogP contribution in [-0.4, -0.2) is 32.1 Å². The molecule has 4 rings (SSSR count). The first kappa shape index (κ1) is 15.0. The molecule has 24 heavy (non-hydrogen) atoms. The molecule has 0 unspecified atom stereocenters. The predicted molar refractivity (Wildman–Crippen MR) is 93.6 cm³/mol. The average Bonchev–Trinajstić information content (AvgIpc) is 3.26. The van der Waals surface area contributed by atoms with Crippen molar-refractivity contribution in [1.29, 1.82) is 0 Å². The molecule has 1 aliphatic heterocycles. The number of hydrogen-bond acceptors (Lipinski definition) is 2. The minimum absolute atomic E-state index is 0.165. The fraction of sp³-hybridized carbons (Fsp3) is 0.368. The first-order chi connectivity index (χ1) is 11.6. The minimum Gasteiger partial charge on any atom is -0.361 e. The Hall–Kier alpha value is -2.56. The molecule has 2 aromatic heterocycles. The van der Waals surface area contributed by atoms with Crippen LogP contribution in [0.15, 0.2) is 36.8 Å². The van der Waals surface area contributed by atoms with E-state index >= 15 is 0 Å². The van der Waals surface area contributed by atoms with Crippen LogP contribution in [0.2, 0.25) is 0 Å². The second-order valence-electron chi connectivity index (χ2n) is 6.73. The van der Waals surface area contributed by atoms with Gasteiger partial charge in [-0.15, -0.1) is 0 Å². The number of aromatic nitrogens is 3. The topological polar surface area (TPSA) is 53.9 Å². The van der Waals surface area contributed by atoms with Gasteiger partial charge in [0.15, 0.2) is 0 Å². The first-order valence-corrected chi connectivity index (χ1v) is 8.46. The lowest BCUT2D eigenvalue weighted by molar-refractivity contribution is -0.131. The third kappa shape index (κ3) is 2.60. The quantitative estimate of drug-likeness (QED) is 0.805. The van der Waals surface area contributed by atoms with E-state index in [0.717, 1.165) is 41.4 Å². The number of likely N-dealkylation sites (tertiary alicyclic amines) is 1. The summed E-state index contributed by atoms with van der Waals surface area (Å²) in [5.74, 6) is 0.197. The van der Waals surface area contributed by atoms with Crippen molar-refractivity contribution in [3.05, 3.63) is 53.5 Å². The number of aromatic amines is 1. The molecule has 3 aromatic rings. The highest BCUT2D eigenvalue weighted by atomic mass is 16.2. The summed E-state index contributed by atoms with van der Waals surface area (Å²) >= 11 is 0. The highest BCUT2D eigenvalue weighted by Gasteiger charge is 2.30. The van der Waals surface area contributed by atoms with Gasteiger partial charge >= 0.3 is 0 Å². The van der Waals surface area contributed by atoms with E-state index in [2.05, 4.69) is 35.2 Å². The number of aryl methyl sites for hydroxylation is 2. The fourth-order valence-electron chi connectivity index (χ4n) is 3.73. The maximum absolute atomic E-state index is 12.9. The number of amides is 1. The van der Waals surface area contributed by atoms with E-state index < -0.39 is 0 Å². The molecule has 1 atom stereocenters. The molecule has 0 bridgehead atoms. The molecule has 1 aliphatic rings. The molecule has 5 nitrogen and oxygen atoms in total. The van der Waals surface area contributed by atoms with Crippen molar-refractivity contribution in [3.63, 3.8) is 0 Å². The first-order valence-electron chi connectivity index (χ1n) is 8.46. The Morgan fingerprint density at radius 2 is 2.29 bits per heavy atom. The van der Waals surface area contributed by atoms with Crippen LogP contribution in [0.4, 0.5) is 0 Å². The molecular formula is C19H22N4O. The van der Waals surface area contributed by atoms with Gasteiger partial charge in [-0.25, -0.2) is 0 Å². The van der Waals surface area contributed by atoms with Gasteiger partial charge in [0.2, 0.25) is 5.91 Å². The van der Waals surface area contributed by atoms with Crippen molar-refractivity contribution in [2.24, 2.45) is 7.05 Å². The van der Waals surface area contributed by atoms with Crippen LogP contribution in [0.1, 0.15) is 35.6 Å². The van der Waals surface area contributed by atoms with Crippen molar-refractivity contribution in [1.82, 2.24) is 19.7 Å². The van der Waals surface area contributed by atoms with Gasteiger partial charge in [0.1, 0.15) is 0 Å². The third-order valence-corrected chi connectivity index (χ3v) is 4.95. The number of carbonyl (C=O) groups is 1. The molecule has 0 radical (unpaired) electrons. The van der Waals surface area contributed by atoms with Crippen molar-refractivity contribution in [2.45, 2.75) is 32.2 Å². The lowest BCUT2D eigenvalue weighted by atomic mass is 10.1. The molecule has 0 aliphatic carbocycles. The molecule has 1 N–H and O–H groups in total.